The number of hydrogen-bond acceptors (Lipinski definition) is 6. The van der Waals surface area contributed by atoms with E-state index in [2.05, 4.69) is 9.60 Å². The van der Waals surface area contributed by atoms with Gasteiger partial charge >= 0.3 is 16.4 Å². The lowest BCUT2D eigenvalue weighted by molar-refractivity contribution is -0.122. The molecule has 10 nitrogen and oxygen atoms in total. The molecule has 0 saturated carbocycles. The average molecular weight is 334 g/mol. The van der Waals surface area contributed by atoms with Crippen LogP contribution < -0.4 is 5.32 Å². The number of piperidine rings is 1. The highest BCUT2D eigenvalue weighted by molar-refractivity contribution is 7.80. The molecule has 0 spiro atoms. The number of nitrogens with zero attached hydrogens (tertiary/aromatic N) is 2. The zero-order valence-corrected chi connectivity index (χ0v) is 13.0. The summed E-state index contributed by atoms with van der Waals surface area (Å²) in [5.41, 5.74) is 0. The zero-order chi connectivity index (χ0) is 16.7. The van der Waals surface area contributed by atoms with Gasteiger partial charge in [-0.15, -0.1) is 4.28 Å². The molecule has 2 aliphatic rings. The normalized spacial score (nSPS) is 24.8. The number of urea groups is 1. The topological polar surface area (TPSA) is 140 Å². The van der Waals surface area contributed by atoms with Gasteiger partial charge in [-0.1, -0.05) is 13.8 Å². The van der Waals surface area contributed by atoms with E-state index in [-0.39, 0.29) is 24.2 Å². The van der Waals surface area contributed by atoms with Crippen LogP contribution in [-0.2, 0) is 19.5 Å². The molecule has 2 rings (SSSR count). The van der Waals surface area contributed by atoms with E-state index in [1.807, 2.05) is 0 Å². The minimum absolute atomic E-state index is 0.112. The number of amidine groups is 1. The highest BCUT2D eigenvalue weighted by Gasteiger charge is 2.48. The highest BCUT2D eigenvalue weighted by Crippen LogP contribution is 2.30. The SMILES string of the molecule is CC(C)C(=O)NC(=N)[C@@H]1CC[C@@H]2CN1C(=O)N2OS(=O)(=O)O. The van der Waals surface area contributed by atoms with E-state index in [1.54, 1.807) is 13.8 Å². The van der Waals surface area contributed by atoms with E-state index >= 15 is 0 Å². The fourth-order valence-corrected chi connectivity index (χ4v) is 2.88. The summed E-state index contributed by atoms with van der Waals surface area (Å²) in [6, 6.07) is -1.92. The van der Waals surface area contributed by atoms with Crippen molar-refractivity contribution in [3.05, 3.63) is 0 Å². The lowest BCUT2D eigenvalue weighted by atomic mass is 10.00. The summed E-state index contributed by atoms with van der Waals surface area (Å²) < 4.78 is 34.6. The molecule has 2 bridgehead atoms. The van der Waals surface area contributed by atoms with E-state index in [0.29, 0.717) is 17.9 Å². The minimum atomic E-state index is -4.79. The Balaban J connectivity index is 2.09. The monoisotopic (exact) mass is 334 g/mol. The zero-order valence-electron chi connectivity index (χ0n) is 12.1. The molecule has 0 aromatic heterocycles. The molecule has 11 heteroatoms. The predicted molar refractivity (Wildman–Crippen MR) is 74.1 cm³/mol. The van der Waals surface area contributed by atoms with Gasteiger partial charge in [-0.2, -0.15) is 13.5 Å². The van der Waals surface area contributed by atoms with Crippen LogP contribution in [0.2, 0.25) is 0 Å². The number of amides is 3. The van der Waals surface area contributed by atoms with Gasteiger partial charge < -0.3 is 10.2 Å². The summed E-state index contributed by atoms with van der Waals surface area (Å²) in [6.45, 7) is 3.53. The summed E-state index contributed by atoms with van der Waals surface area (Å²) in [5, 5.41) is 11.0. The van der Waals surface area contributed by atoms with E-state index in [4.69, 9.17) is 9.96 Å². The molecule has 0 radical (unpaired) electrons. The van der Waals surface area contributed by atoms with Gasteiger partial charge in [-0.05, 0) is 12.8 Å². The van der Waals surface area contributed by atoms with Crippen LogP contribution in [0.4, 0.5) is 4.79 Å². The largest absolute Gasteiger partial charge is 0.418 e. The highest BCUT2D eigenvalue weighted by atomic mass is 32.3. The van der Waals surface area contributed by atoms with Crippen molar-refractivity contribution in [1.29, 1.82) is 5.41 Å². The van der Waals surface area contributed by atoms with E-state index in [1.165, 1.54) is 4.90 Å². The Morgan fingerprint density at radius 3 is 2.64 bits per heavy atom. The number of hydroxylamine groups is 2. The van der Waals surface area contributed by atoms with Gasteiger partial charge in [-0.3, -0.25) is 14.8 Å². The number of carbonyl (C=O) groups is 2. The average Bonchev–Trinajstić information content (AvgIpc) is 2.62. The quantitative estimate of drug-likeness (QED) is 0.367. The minimum Gasteiger partial charge on any atom is -0.313 e. The van der Waals surface area contributed by atoms with Crippen molar-refractivity contribution in [2.24, 2.45) is 5.92 Å². The summed E-state index contributed by atoms with van der Waals surface area (Å²) in [5.74, 6) is -0.741. The van der Waals surface area contributed by atoms with Crippen LogP contribution in [0.3, 0.4) is 0 Å². The van der Waals surface area contributed by atoms with Crippen molar-refractivity contribution < 1.29 is 26.8 Å². The number of hydrogen-bond donors (Lipinski definition) is 3. The number of nitrogens with one attached hydrogen (secondary N) is 2. The third-order valence-electron chi connectivity index (χ3n) is 3.61. The number of carbonyl (C=O) groups excluding carboxylic acids is 2. The first-order chi connectivity index (χ1) is 10.1. The van der Waals surface area contributed by atoms with Crippen LogP contribution in [0, 0.1) is 11.3 Å². The van der Waals surface area contributed by atoms with Crippen LogP contribution in [-0.4, -0.2) is 59.3 Å². The first-order valence-corrected chi connectivity index (χ1v) is 8.13. The smallest absolute Gasteiger partial charge is 0.313 e. The molecule has 0 aliphatic carbocycles. The Morgan fingerprint density at radius 1 is 1.45 bits per heavy atom. The van der Waals surface area contributed by atoms with Crippen LogP contribution in [0.15, 0.2) is 0 Å². The van der Waals surface area contributed by atoms with Gasteiger partial charge in [0.25, 0.3) is 0 Å². The second-order valence-corrected chi connectivity index (χ2v) is 6.57. The maximum atomic E-state index is 12.1. The molecular weight excluding hydrogens is 316 g/mol. The molecule has 2 fully saturated rings. The van der Waals surface area contributed by atoms with Crippen molar-refractivity contribution in [1.82, 2.24) is 15.3 Å². The molecule has 3 N–H and O–H groups in total. The van der Waals surface area contributed by atoms with Gasteiger partial charge in [0.2, 0.25) is 5.91 Å². The van der Waals surface area contributed by atoms with Gasteiger partial charge in [0.15, 0.2) is 0 Å². The van der Waals surface area contributed by atoms with Gasteiger partial charge in [0, 0.05) is 12.5 Å². The van der Waals surface area contributed by atoms with Gasteiger partial charge in [-0.25, -0.2) is 4.79 Å². The number of rotatable bonds is 4. The Kier molecular flexibility index (Phi) is 4.40. The second kappa shape index (κ2) is 5.82. The molecule has 2 saturated heterocycles. The molecule has 2 atom stereocenters. The molecule has 0 aromatic carbocycles. The Bertz CT molecular complexity index is 604. The predicted octanol–water partition coefficient (Wildman–Crippen LogP) is -0.261. The fraction of sp³-hybridized carbons (Fsp3) is 0.727. The summed E-state index contributed by atoms with van der Waals surface area (Å²) in [7, 11) is -4.79. The van der Waals surface area contributed by atoms with Crippen LogP contribution >= 0.6 is 0 Å². The van der Waals surface area contributed by atoms with E-state index in [0.717, 1.165) is 0 Å². The molecule has 3 amide bonds. The van der Waals surface area contributed by atoms with Crippen LogP contribution in [0.25, 0.3) is 0 Å². The van der Waals surface area contributed by atoms with Crippen molar-refractivity contribution in [2.75, 3.05) is 6.54 Å². The first-order valence-electron chi connectivity index (χ1n) is 6.76. The molecule has 124 valence electrons. The first kappa shape index (κ1) is 16.6. The third kappa shape index (κ3) is 3.36. The molecule has 0 unspecified atom stereocenters. The second-order valence-electron chi connectivity index (χ2n) is 5.57. The van der Waals surface area contributed by atoms with Crippen molar-refractivity contribution in [3.63, 3.8) is 0 Å². The van der Waals surface area contributed by atoms with Crippen LogP contribution in [0.1, 0.15) is 26.7 Å². The van der Waals surface area contributed by atoms with E-state index in [9.17, 15) is 18.0 Å². The lowest BCUT2D eigenvalue weighted by Crippen LogP contribution is -2.51. The van der Waals surface area contributed by atoms with Crippen molar-refractivity contribution in [2.45, 2.75) is 38.8 Å². The summed E-state index contributed by atoms with van der Waals surface area (Å²) >= 11 is 0. The standard InChI is InChI=1S/C11H18N4O6S/c1-6(2)10(16)13-9(12)8-4-3-7-5-14(8)11(17)15(7)21-22(18,19)20/h6-8H,3-5H2,1-2H3,(H2,12,13,16)(H,18,19,20)/t7-,8+/m1/s1. The Morgan fingerprint density at radius 2 is 2.09 bits per heavy atom. The summed E-state index contributed by atoms with van der Waals surface area (Å²) in [6.07, 6.45) is 0.779. The molecule has 2 aliphatic heterocycles. The molecular formula is C11H18N4O6S. The maximum absolute atomic E-state index is 12.1. The van der Waals surface area contributed by atoms with E-state index < -0.39 is 28.5 Å². The fourth-order valence-electron chi connectivity index (χ4n) is 2.49. The Labute approximate surface area is 127 Å². The van der Waals surface area contributed by atoms with Gasteiger partial charge in [0.05, 0.1) is 12.1 Å². The van der Waals surface area contributed by atoms with Gasteiger partial charge in [0.1, 0.15) is 5.84 Å². The number of fused-ring (bicyclic) bond motifs is 2. The maximum Gasteiger partial charge on any atom is 0.418 e. The molecule has 2 heterocycles. The third-order valence-corrected chi connectivity index (χ3v) is 3.96. The summed E-state index contributed by atoms with van der Waals surface area (Å²) in [4.78, 5) is 25.0. The Hall–Kier alpha value is -1.72. The van der Waals surface area contributed by atoms with Crippen molar-refractivity contribution in [3.8, 4) is 0 Å². The molecule has 0 aromatic rings. The van der Waals surface area contributed by atoms with Crippen LogP contribution in [0.5, 0.6) is 0 Å². The molecule has 22 heavy (non-hydrogen) atoms. The van der Waals surface area contributed by atoms with Crippen molar-refractivity contribution >= 4 is 28.2 Å². The lowest BCUT2D eigenvalue weighted by Gasteiger charge is -2.30.